The SMILES string of the molecule is COc1cc(Br)cc(NC(=O)c2cc(N)cn2C)c1. The van der Waals surface area contributed by atoms with Crippen LogP contribution < -0.4 is 15.8 Å². The second-order valence-electron chi connectivity index (χ2n) is 4.10. The summed E-state index contributed by atoms with van der Waals surface area (Å²) >= 11 is 3.36. The Kier molecular flexibility index (Phi) is 3.80. The van der Waals surface area contributed by atoms with E-state index in [1.54, 1.807) is 43.1 Å². The first-order chi connectivity index (χ1) is 8.99. The minimum absolute atomic E-state index is 0.223. The van der Waals surface area contributed by atoms with Crippen LogP contribution in [0.1, 0.15) is 10.5 Å². The summed E-state index contributed by atoms with van der Waals surface area (Å²) in [6.07, 6.45) is 1.69. The first-order valence-corrected chi connectivity index (χ1v) is 6.36. The number of anilines is 2. The van der Waals surface area contributed by atoms with Gasteiger partial charge >= 0.3 is 0 Å². The van der Waals surface area contributed by atoms with Gasteiger partial charge < -0.3 is 20.4 Å². The van der Waals surface area contributed by atoms with E-state index in [0.717, 1.165) is 4.47 Å². The minimum Gasteiger partial charge on any atom is -0.497 e. The summed E-state index contributed by atoms with van der Waals surface area (Å²) in [7, 11) is 3.35. The van der Waals surface area contributed by atoms with E-state index in [0.29, 0.717) is 22.8 Å². The van der Waals surface area contributed by atoms with Gasteiger partial charge in [0.2, 0.25) is 0 Å². The second-order valence-corrected chi connectivity index (χ2v) is 5.02. The van der Waals surface area contributed by atoms with Gasteiger partial charge in [0.25, 0.3) is 5.91 Å². The molecule has 3 N–H and O–H groups in total. The third kappa shape index (κ3) is 3.08. The van der Waals surface area contributed by atoms with Gasteiger partial charge in [0.1, 0.15) is 11.4 Å². The van der Waals surface area contributed by atoms with Crippen LogP contribution in [0.25, 0.3) is 0 Å². The number of carbonyl (C=O) groups is 1. The number of aryl methyl sites for hydroxylation is 1. The van der Waals surface area contributed by atoms with Gasteiger partial charge in [-0.25, -0.2) is 0 Å². The number of nitrogens with one attached hydrogen (secondary N) is 1. The summed E-state index contributed by atoms with van der Waals surface area (Å²) in [5.41, 5.74) is 7.35. The van der Waals surface area contributed by atoms with Gasteiger partial charge in [-0.1, -0.05) is 15.9 Å². The number of aromatic nitrogens is 1. The van der Waals surface area contributed by atoms with Crippen molar-refractivity contribution in [3.63, 3.8) is 0 Å². The number of nitrogen functional groups attached to an aromatic ring is 1. The lowest BCUT2D eigenvalue weighted by Gasteiger charge is -2.08. The van der Waals surface area contributed by atoms with Crippen molar-refractivity contribution >= 4 is 33.2 Å². The van der Waals surface area contributed by atoms with Crippen LogP contribution in [0.15, 0.2) is 34.9 Å². The molecule has 100 valence electrons. The quantitative estimate of drug-likeness (QED) is 0.912. The molecule has 2 aromatic rings. The molecule has 0 atom stereocenters. The average Bonchev–Trinajstić information content (AvgIpc) is 2.67. The predicted molar refractivity (Wildman–Crippen MR) is 78.5 cm³/mol. The summed E-state index contributed by atoms with van der Waals surface area (Å²) in [5.74, 6) is 0.440. The minimum atomic E-state index is -0.223. The summed E-state index contributed by atoms with van der Waals surface area (Å²) in [4.78, 5) is 12.1. The predicted octanol–water partition coefficient (Wildman–Crippen LogP) is 2.63. The zero-order valence-electron chi connectivity index (χ0n) is 10.6. The van der Waals surface area contributed by atoms with Crippen molar-refractivity contribution < 1.29 is 9.53 Å². The van der Waals surface area contributed by atoms with Gasteiger partial charge in [0.05, 0.1) is 12.8 Å². The van der Waals surface area contributed by atoms with Crippen LogP contribution in [0.5, 0.6) is 5.75 Å². The molecule has 2 rings (SSSR count). The Labute approximate surface area is 119 Å². The molecule has 1 amide bonds. The van der Waals surface area contributed by atoms with Crippen LogP contribution in [0.4, 0.5) is 11.4 Å². The molecule has 0 aliphatic carbocycles. The molecule has 0 saturated carbocycles. The third-order valence-corrected chi connectivity index (χ3v) is 3.08. The van der Waals surface area contributed by atoms with Crippen LogP contribution in [0.3, 0.4) is 0 Å². The Bertz CT molecular complexity index is 622. The number of hydrogen-bond donors (Lipinski definition) is 2. The zero-order valence-corrected chi connectivity index (χ0v) is 12.2. The fourth-order valence-electron chi connectivity index (χ4n) is 1.76. The molecular weight excluding hydrogens is 310 g/mol. The maximum absolute atomic E-state index is 12.1. The summed E-state index contributed by atoms with van der Waals surface area (Å²) < 4.78 is 7.65. The van der Waals surface area contributed by atoms with Crippen molar-refractivity contribution in [1.29, 1.82) is 0 Å². The largest absolute Gasteiger partial charge is 0.497 e. The standard InChI is InChI=1S/C13H14BrN3O2/c1-17-7-9(15)5-12(17)13(18)16-10-3-8(14)4-11(6-10)19-2/h3-7H,15H2,1-2H3,(H,16,18). The number of ether oxygens (including phenoxy) is 1. The summed E-state index contributed by atoms with van der Waals surface area (Å²) in [6, 6.07) is 6.99. The lowest BCUT2D eigenvalue weighted by molar-refractivity contribution is 0.101. The average molecular weight is 324 g/mol. The molecule has 1 aromatic heterocycles. The van der Waals surface area contributed by atoms with E-state index in [-0.39, 0.29) is 5.91 Å². The molecule has 1 aromatic carbocycles. The highest BCUT2D eigenvalue weighted by Gasteiger charge is 2.11. The van der Waals surface area contributed by atoms with Gasteiger partial charge in [-0.05, 0) is 18.2 Å². The number of hydrogen-bond acceptors (Lipinski definition) is 3. The number of benzene rings is 1. The van der Waals surface area contributed by atoms with Gasteiger partial charge in [0, 0.05) is 29.5 Å². The number of nitrogens with zero attached hydrogens (tertiary/aromatic N) is 1. The van der Waals surface area contributed by atoms with E-state index in [9.17, 15) is 4.79 Å². The highest BCUT2D eigenvalue weighted by atomic mass is 79.9. The van der Waals surface area contributed by atoms with Crippen LogP contribution in [0.2, 0.25) is 0 Å². The maximum Gasteiger partial charge on any atom is 0.272 e. The molecule has 6 heteroatoms. The molecule has 0 radical (unpaired) electrons. The highest BCUT2D eigenvalue weighted by molar-refractivity contribution is 9.10. The second kappa shape index (κ2) is 5.36. The first kappa shape index (κ1) is 13.5. The van der Waals surface area contributed by atoms with Gasteiger partial charge in [-0.3, -0.25) is 4.79 Å². The molecule has 0 saturated heterocycles. The Balaban J connectivity index is 2.23. The monoisotopic (exact) mass is 323 g/mol. The van der Waals surface area contributed by atoms with E-state index in [2.05, 4.69) is 21.2 Å². The van der Waals surface area contributed by atoms with Crippen molar-refractivity contribution in [2.75, 3.05) is 18.2 Å². The van der Waals surface area contributed by atoms with Crippen molar-refractivity contribution in [1.82, 2.24) is 4.57 Å². The molecule has 0 aliphatic heterocycles. The molecular formula is C13H14BrN3O2. The van der Waals surface area contributed by atoms with E-state index >= 15 is 0 Å². The number of rotatable bonds is 3. The zero-order chi connectivity index (χ0) is 14.0. The van der Waals surface area contributed by atoms with Crippen LogP contribution in [-0.2, 0) is 7.05 Å². The van der Waals surface area contributed by atoms with Gasteiger partial charge in [0.15, 0.2) is 0 Å². The van der Waals surface area contributed by atoms with Gasteiger partial charge in [-0.15, -0.1) is 0 Å². The van der Waals surface area contributed by atoms with Crippen molar-refractivity contribution in [3.8, 4) is 5.75 Å². The normalized spacial score (nSPS) is 10.3. The van der Waals surface area contributed by atoms with E-state index in [1.165, 1.54) is 0 Å². The van der Waals surface area contributed by atoms with Gasteiger partial charge in [-0.2, -0.15) is 0 Å². The molecule has 19 heavy (non-hydrogen) atoms. The fourth-order valence-corrected chi connectivity index (χ4v) is 2.24. The lowest BCUT2D eigenvalue weighted by Crippen LogP contribution is -2.15. The fraction of sp³-hybridized carbons (Fsp3) is 0.154. The van der Waals surface area contributed by atoms with Crippen LogP contribution in [0, 0.1) is 0 Å². The Morgan fingerprint density at radius 2 is 2.11 bits per heavy atom. The van der Waals surface area contributed by atoms with Crippen molar-refractivity contribution in [3.05, 3.63) is 40.6 Å². The molecule has 0 bridgehead atoms. The topological polar surface area (TPSA) is 69.3 Å². The highest BCUT2D eigenvalue weighted by Crippen LogP contribution is 2.25. The number of amides is 1. The number of carbonyl (C=O) groups excluding carboxylic acids is 1. The number of nitrogens with two attached hydrogens (primary N) is 1. The number of methoxy groups -OCH3 is 1. The summed E-state index contributed by atoms with van der Waals surface area (Å²) in [5, 5.41) is 2.80. The maximum atomic E-state index is 12.1. The van der Waals surface area contributed by atoms with Crippen LogP contribution >= 0.6 is 15.9 Å². The first-order valence-electron chi connectivity index (χ1n) is 5.57. The molecule has 0 spiro atoms. The van der Waals surface area contributed by atoms with Crippen LogP contribution in [-0.4, -0.2) is 17.6 Å². The Hall–Kier alpha value is -1.95. The number of halogens is 1. The Morgan fingerprint density at radius 1 is 1.37 bits per heavy atom. The van der Waals surface area contributed by atoms with Crippen molar-refractivity contribution in [2.24, 2.45) is 7.05 Å². The third-order valence-electron chi connectivity index (χ3n) is 2.62. The Morgan fingerprint density at radius 3 is 2.68 bits per heavy atom. The summed E-state index contributed by atoms with van der Waals surface area (Å²) in [6.45, 7) is 0. The molecule has 0 fully saturated rings. The van der Waals surface area contributed by atoms with E-state index in [1.807, 2.05) is 6.07 Å². The molecule has 5 nitrogen and oxygen atoms in total. The smallest absolute Gasteiger partial charge is 0.272 e. The van der Waals surface area contributed by atoms with E-state index in [4.69, 9.17) is 10.5 Å². The molecule has 0 unspecified atom stereocenters. The van der Waals surface area contributed by atoms with Crippen molar-refractivity contribution in [2.45, 2.75) is 0 Å². The molecule has 0 aliphatic rings. The molecule has 1 heterocycles. The lowest BCUT2D eigenvalue weighted by atomic mass is 10.3. The van der Waals surface area contributed by atoms with E-state index < -0.39 is 0 Å².